The van der Waals surface area contributed by atoms with Crippen LogP contribution in [0.1, 0.15) is 22.3 Å². The van der Waals surface area contributed by atoms with E-state index >= 15 is 0 Å². The van der Waals surface area contributed by atoms with Crippen molar-refractivity contribution in [3.63, 3.8) is 0 Å². The fraction of sp³-hybridized carbons (Fsp3) is 0.294. The summed E-state index contributed by atoms with van der Waals surface area (Å²) < 4.78 is 0. The van der Waals surface area contributed by atoms with E-state index in [1.807, 2.05) is 12.1 Å². The van der Waals surface area contributed by atoms with Gasteiger partial charge < -0.3 is 0 Å². The van der Waals surface area contributed by atoms with Crippen LogP contribution in [0.15, 0.2) is 48.5 Å². The van der Waals surface area contributed by atoms with E-state index in [-0.39, 0.29) is 0 Å². The number of halogens is 3. The van der Waals surface area contributed by atoms with E-state index in [1.54, 1.807) is 0 Å². The molecule has 3 heteroatoms. The highest BCUT2D eigenvalue weighted by molar-refractivity contribution is 9.09. The maximum absolute atomic E-state index is 5.61. The second-order valence-electron chi connectivity index (χ2n) is 4.51. The van der Waals surface area contributed by atoms with Crippen LogP contribution in [0.25, 0.3) is 0 Å². The van der Waals surface area contributed by atoms with E-state index in [0.717, 1.165) is 17.1 Å². The summed E-state index contributed by atoms with van der Waals surface area (Å²) in [4.78, 5) is 0. The van der Waals surface area contributed by atoms with E-state index in [2.05, 4.69) is 75.2 Å². The molecule has 0 N–H and O–H groups in total. The predicted octanol–water partition coefficient (Wildman–Crippen LogP) is 6.25. The lowest BCUT2D eigenvalue weighted by Gasteiger charge is -1.96. The first-order valence-corrected chi connectivity index (χ1v) is 9.28. The molecule has 20 heavy (non-hydrogen) atoms. The summed E-state index contributed by atoms with van der Waals surface area (Å²) in [5.74, 6) is 0.600. The highest BCUT2D eigenvalue weighted by atomic mass is 79.9. The summed E-state index contributed by atoms with van der Waals surface area (Å²) in [5, 5.41) is 1.96. The Morgan fingerprint density at radius 3 is 1.75 bits per heavy atom. The number of hydrogen-bond acceptors (Lipinski definition) is 0. The average molecular weight is 419 g/mol. The first-order chi connectivity index (χ1) is 9.69. The van der Waals surface area contributed by atoms with E-state index in [4.69, 9.17) is 11.6 Å². The lowest BCUT2D eigenvalue weighted by atomic mass is 10.1. The van der Waals surface area contributed by atoms with Gasteiger partial charge in [0.15, 0.2) is 0 Å². The van der Waals surface area contributed by atoms with E-state index in [0.29, 0.717) is 5.88 Å². The van der Waals surface area contributed by atoms with Crippen molar-refractivity contribution in [1.82, 2.24) is 0 Å². The summed E-state index contributed by atoms with van der Waals surface area (Å²) in [6.07, 6.45) is 1.13. The van der Waals surface area contributed by atoms with Gasteiger partial charge in [0.25, 0.3) is 0 Å². The van der Waals surface area contributed by atoms with Crippen molar-refractivity contribution in [2.24, 2.45) is 0 Å². The second kappa shape index (κ2) is 10.4. The summed E-state index contributed by atoms with van der Waals surface area (Å²) in [7, 11) is 0. The molecule has 2 rings (SSSR count). The molecule has 0 saturated heterocycles. The Balaban J connectivity index is 0.000000200. The minimum atomic E-state index is 0.600. The molecule has 0 atom stereocenters. The van der Waals surface area contributed by atoms with Crippen LogP contribution in [0.3, 0.4) is 0 Å². The molecule has 0 bridgehead atoms. The number of alkyl halides is 3. The summed E-state index contributed by atoms with van der Waals surface area (Å²) >= 11 is 12.4. The van der Waals surface area contributed by atoms with Crippen LogP contribution in [0, 0.1) is 6.92 Å². The Bertz CT molecular complexity index is 454. The Hall–Kier alpha value is -0.310. The molecule has 0 aromatic heterocycles. The van der Waals surface area contributed by atoms with Gasteiger partial charge >= 0.3 is 0 Å². The van der Waals surface area contributed by atoms with Crippen molar-refractivity contribution in [2.75, 3.05) is 5.33 Å². The number of benzene rings is 2. The van der Waals surface area contributed by atoms with Crippen molar-refractivity contribution >= 4 is 43.5 Å². The lowest BCUT2D eigenvalue weighted by molar-refractivity contribution is 1.16. The summed E-state index contributed by atoms with van der Waals surface area (Å²) in [5.41, 5.74) is 5.20. The van der Waals surface area contributed by atoms with Crippen LogP contribution in [-0.4, -0.2) is 5.33 Å². The molecule has 0 nitrogen and oxygen atoms in total. The fourth-order valence-corrected chi connectivity index (χ4v) is 2.59. The van der Waals surface area contributed by atoms with E-state index in [9.17, 15) is 0 Å². The van der Waals surface area contributed by atoms with Gasteiger partial charge in [-0.15, -0.1) is 11.6 Å². The first-order valence-electron chi connectivity index (χ1n) is 6.51. The fourth-order valence-electron chi connectivity index (χ4n) is 1.58. The number of hydrogen-bond donors (Lipinski definition) is 0. The molecule has 0 spiro atoms. The molecule has 0 saturated carbocycles. The third-order valence-electron chi connectivity index (χ3n) is 2.84. The van der Waals surface area contributed by atoms with Crippen molar-refractivity contribution < 1.29 is 0 Å². The normalized spacial score (nSPS) is 9.80. The lowest BCUT2D eigenvalue weighted by Crippen LogP contribution is -1.84. The van der Waals surface area contributed by atoms with Gasteiger partial charge in [0, 0.05) is 16.5 Å². The van der Waals surface area contributed by atoms with Gasteiger partial charge in [-0.25, -0.2) is 0 Å². The quantitative estimate of drug-likeness (QED) is 0.515. The minimum absolute atomic E-state index is 0.600. The third-order valence-corrected chi connectivity index (χ3v) is 4.19. The zero-order valence-electron chi connectivity index (χ0n) is 11.6. The van der Waals surface area contributed by atoms with Crippen molar-refractivity contribution in [1.29, 1.82) is 0 Å². The van der Waals surface area contributed by atoms with Gasteiger partial charge in [0.1, 0.15) is 0 Å². The summed E-state index contributed by atoms with van der Waals surface area (Å²) in [6, 6.07) is 16.9. The first kappa shape index (κ1) is 17.7. The number of rotatable bonds is 4. The van der Waals surface area contributed by atoms with Crippen LogP contribution < -0.4 is 0 Å². The van der Waals surface area contributed by atoms with Gasteiger partial charge in [-0.05, 0) is 30.0 Å². The molecule has 0 amide bonds. The van der Waals surface area contributed by atoms with Crippen molar-refractivity contribution in [3.8, 4) is 0 Å². The van der Waals surface area contributed by atoms with Crippen LogP contribution in [0.2, 0.25) is 0 Å². The van der Waals surface area contributed by atoms with Crippen molar-refractivity contribution in [2.45, 2.75) is 24.6 Å². The zero-order chi connectivity index (χ0) is 14.8. The van der Waals surface area contributed by atoms with E-state index < -0.39 is 0 Å². The second-order valence-corrected chi connectivity index (χ2v) is 6.13. The maximum Gasteiger partial charge on any atom is 0.0474 e. The monoisotopic (exact) mass is 416 g/mol. The Morgan fingerprint density at radius 1 is 0.800 bits per heavy atom. The molecule has 2 aromatic rings. The molecule has 0 radical (unpaired) electrons. The Kier molecular flexibility index (Phi) is 9.24. The van der Waals surface area contributed by atoms with Gasteiger partial charge in [-0.1, -0.05) is 86.0 Å². The highest BCUT2D eigenvalue weighted by Crippen LogP contribution is 2.09. The topological polar surface area (TPSA) is 0 Å². The molecule has 2 aromatic carbocycles. The van der Waals surface area contributed by atoms with Crippen LogP contribution >= 0.6 is 43.5 Å². The van der Waals surface area contributed by atoms with Crippen LogP contribution in [0.4, 0.5) is 0 Å². The highest BCUT2D eigenvalue weighted by Gasteiger charge is 1.90. The molecular formula is C17H19Br2Cl. The Morgan fingerprint density at radius 2 is 1.30 bits per heavy atom. The number of aryl methyl sites for hydroxylation is 2. The van der Waals surface area contributed by atoms with Crippen LogP contribution in [-0.2, 0) is 17.6 Å². The van der Waals surface area contributed by atoms with Gasteiger partial charge in [0.2, 0.25) is 0 Å². The average Bonchev–Trinajstić information content (AvgIpc) is 2.50. The largest absolute Gasteiger partial charge is 0.122 e. The van der Waals surface area contributed by atoms with E-state index in [1.165, 1.54) is 22.3 Å². The molecule has 0 heterocycles. The third kappa shape index (κ3) is 6.92. The molecule has 0 unspecified atom stereocenters. The Labute approximate surface area is 143 Å². The summed E-state index contributed by atoms with van der Waals surface area (Å²) in [6.45, 7) is 2.11. The minimum Gasteiger partial charge on any atom is -0.122 e. The molecule has 0 aliphatic heterocycles. The molecule has 0 aliphatic rings. The van der Waals surface area contributed by atoms with Gasteiger partial charge in [0.05, 0.1) is 0 Å². The maximum atomic E-state index is 5.61. The predicted molar refractivity (Wildman–Crippen MR) is 97.3 cm³/mol. The SMILES string of the molecule is Cc1ccc(CCBr)cc1.ClCc1ccc(CBr)cc1. The zero-order valence-corrected chi connectivity index (χ0v) is 15.5. The molecule has 0 fully saturated rings. The van der Waals surface area contributed by atoms with Gasteiger partial charge in [-0.2, -0.15) is 0 Å². The smallest absolute Gasteiger partial charge is 0.0474 e. The molecule has 0 aliphatic carbocycles. The standard InChI is InChI=1S/C9H11Br.C8H8BrCl/c1-8-2-4-9(5-3-8)6-7-10;9-5-7-1-3-8(6-10)4-2-7/h2-5H,6-7H2,1H3;1-4H,5-6H2. The van der Waals surface area contributed by atoms with Gasteiger partial charge in [-0.3, -0.25) is 0 Å². The molecular weight excluding hydrogens is 399 g/mol. The van der Waals surface area contributed by atoms with Crippen LogP contribution in [0.5, 0.6) is 0 Å². The molecule has 108 valence electrons. The van der Waals surface area contributed by atoms with Crippen molar-refractivity contribution in [3.05, 3.63) is 70.8 Å².